The second-order valence-corrected chi connectivity index (χ2v) is 4.50. The molecule has 0 aliphatic carbocycles. The number of rotatable bonds is 5. The topological polar surface area (TPSA) is 41.1 Å². The van der Waals surface area contributed by atoms with Gasteiger partial charge in [-0.25, -0.2) is 4.98 Å². The van der Waals surface area contributed by atoms with Crippen molar-refractivity contribution in [2.45, 2.75) is 26.4 Å². The lowest BCUT2D eigenvalue weighted by molar-refractivity contribution is 0.415. The Kier molecular flexibility index (Phi) is 3.87. The minimum absolute atomic E-state index is 0.418. The maximum atomic E-state index is 5.18. The zero-order valence-corrected chi connectivity index (χ0v) is 11.1. The zero-order valence-electron chi connectivity index (χ0n) is 11.1. The van der Waals surface area contributed by atoms with Gasteiger partial charge in [0.2, 0.25) is 0 Å². The fourth-order valence-corrected chi connectivity index (χ4v) is 1.90. The molecule has 4 heteroatoms. The van der Waals surface area contributed by atoms with E-state index in [1.165, 1.54) is 5.69 Å². The van der Waals surface area contributed by atoms with Crippen molar-refractivity contribution in [2.75, 3.05) is 12.0 Å². The van der Waals surface area contributed by atoms with E-state index in [4.69, 9.17) is 4.74 Å². The summed E-state index contributed by atoms with van der Waals surface area (Å²) in [5, 5.41) is 0. The summed E-state index contributed by atoms with van der Waals surface area (Å²) in [4.78, 5) is 9.50. The van der Waals surface area contributed by atoms with E-state index in [0.717, 1.165) is 18.0 Å². The van der Waals surface area contributed by atoms with Gasteiger partial charge in [0, 0.05) is 17.9 Å². The average Bonchev–Trinajstić information content (AvgIpc) is 2.89. The first-order valence-electron chi connectivity index (χ1n) is 6.08. The normalized spacial score (nSPS) is 10.7. The monoisotopic (exact) mass is 245 g/mol. The maximum Gasteiger partial charge on any atom is 0.119 e. The number of nitrogens with zero attached hydrogens (tertiary/aromatic N) is 2. The molecule has 0 saturated carbocycles. The van der Waals surface area contributed by atoms with Crippen molar-refractivity contribution >= 4 is 5.69 Å². The first-order chi connectivity index (χ1) is 8.70. The van der Waals surface area contributed by atoms with Crippen molar-refractivity contribution in [1.82, 2.24) is 9.97 Å². The molecule has 2 aromatic rings. The highest BCUT2D eigenvalue weighted by Crippen LogP contribution is 2.22. The number of aromatic amines is 1. The lowest BCUT2D eigenvalue weighted by atomic mass is 10.2. The minimum atomic E-state index is 0.418. The van der Waals surface area contributed by atoms with Crippen LogP contribution in [0.15, 0.2) is 36.8 Å². The highest BCUT2D eigenvalue weighted by molar-refractivity contribution is 5.49. The van der Waals surface area contributed by atoms with Crippen LogP contribution in [0.1, 0.15) is 19.5 Å². The highest BCUT2D eigenvalue weighted by atomic mass is 16.5. The number of nitrogens with one attached hydrogen (secondary N) is 1. The molecule has 1 aromatic carbocycles. The smallest absolute Gasteiger partial charge is 0.119 e. The van der Waals surface area contributed by atoms with E-state index in [1.807, 2.05) is 18.3 Å². The van der Waals surface area contributed by atoms with E-state index in [-0.39, 0.29) is 0 Å². The summed E-state index contributed by atoms with van der Waals surface area (Å²) in [6.07, 6.45) is 3.57. The Balaban J connectivity index is 2.18. The van der Waals surface area contributed by atoms with Gasteiger partial charge in [0.25, 0.3) is 0 Å². The molecule has 0 atom stereocenters. The Morgan fingerprint density at radius 3 is 2.50 bits per heavy atom. The number of benzene rings is 1. The van der Waals surface area contributed by atoms with E-state index in [9.17, 15) is 0 Å². The number of imidazole rings is 1. The predicted molar refractivity (Wildman–Crippen MR) is 72.9 cm³/mol. The van der Waals surface area contributed by atoms with E-state index < -0.39 is 0 Å². The number of methoxy groups -OCH3 is 1. The number of H-pyrrole nitrogens is 1. The van der Waals surface area contributed by atoms with Crippen LogP contribution >= 0.6 is 0 Å². The molecule has 1 heterocycles. The van der Waals surface area contributed by atoms with Crippen LogP contribution in [-0.4, -0.2) is 23.1 Å². The molecule has 1 N–H and O–H groups in total. The van der Waals surface area contributed by atoms with E-state index in [1.54, 1.807) is 13.4 Å². The number of ether oxygens (including phenoxy) is 1. The van der Waals surface area contributed by atoms with Gasteiger partial charge < -0.3 is 14.6 Å². The molecule has 2 rings (SSSR count). The second kappa shape index (κ2) is 5.58. The van der Waals surface area contributed by atoms with Crippen LogP contribution < -0.4 is 9.64 Å². The number of anilines is 1. The van der Waals surface area contributed by atoms with Crippen LogP contribution in [0.4, 0.5) is 5.69 Å². The lowest BCUT2D eigenvalue weighted by Gasteiger charge is -2.28. The third-order valence-electron chi connectivity index (χ3n) is 2.92. The molecule has 96 valence electrons. The molecular weight excluding hydrogens is 226 g/mol. The van der Waals surface area contributed by atoms with Crippen molar-refractivity contribution in [3.8, 4) is 5.75 Å². The van der Waals surface area contributed by atoms with Gasteiger partial charge in [-0.05, 0) is 38.1 Å². The van der Waals surface area contributed by atoms with Crippen LogP contribution in [0.3, 0.4) is 0 Å². The van der Waals surface area contributed by atoms with Crippen LogP contribution in [0, 0.1) is 0 Å². The maximum absolute atomic E-state index is 5.18. The van der Waals surface area contributed by atoms with E-state index >= 15 is 0 Å². The van der Waals surface area contributed by atoms with Crippen LogP contribution in [0.5, 0.6) is 5.75 Å². The van der Waals surface area contributed by atoms with Crippen molar-refractivity contribution in [3.63, 3.8) is 0 Å². The minimum Gasteiger partial charge on any atom is -0.497 e. The predicted octanol–water partition coefficient (Wildman–Crippen LogP) is 2.83. The summed E-state index contributed by atoms with van der Waals surface area (Å²) in [6.45, 7) is 5.19. The Morgan fingerprint density at radius 2 is 2.00 bits per heavy atom. The quantitative estimate of drug-likeness (QED) is 0.880. The summed E-state index contributed by atoms with van der Waals surface area (Å²) in [5.74, 6) is 0.879. The second-order valence-electron chi connectivity index (χ2n) is 4.50. The summed E-state index contributed by atoms with van der Waals surface area (Å²) < 4.78 is 5.18. The van der Waals surface area contributed by atoms with Crippen molar-refractivity contribution in [2.24, 2.45) is 0 Å². The molecule has 0 fully saturated rings. The van der Waals surface area contributed by atoms with E-state index in [2.05, 4.69) is 40.8 Å². The molecule has 0 radical (unpaired) electrons. The van der Waals surface area contributed by atoms with Gasteiger partial charge in [-0.15, -0.1) is 0 Å². The van der Waals surface area contributed by atoms with Gasteiger partial charge in [-0.2, -0.15) is 0 Å². The summed E-state index contributed by atoms with van der Waals surface area (Å²) in [6, 6.07) is 8.54. The Morgan fingerprint density at radius 1 is 1.28 bits per heavy atom. The molecular formula is C14H19N3O. The van der Waals surface area contributed by atoms with E-state index in [0.29, 0.717) is 6.04 Å². The summed E-state index contributed by atoms with van der Waals surface area (Å²) in [5.41, 5.74) is 2.29. The SMILES string of the molecule is COc1ccc(N(Cc2cnc[nH]2)C(C)C)cc1. The van der Waals surface area contributed by atoms with Crippen LogP contribution in [0.25, 0.3) is 0 Å². The molecule has 0 aliphatic heterocycles. The van der Waals surface area contributed by atoms with Crippen molar-refractivity contribution in [1.29, 1.82) is 0 Å². The third-order valence-corrected chi connectivity index (χ3v) is 2.92. The standard InChI is InChI=1S/C14H19N3O/c1-11(2)17(9-12-8-15-10-16-12)13-4-6-14(18-3)7-5-13/h4-8,10-11H,9H2,1-3H3,(H,15,16). The molecule has 1 aromatic heterocycles. The molecule has 0 unspecified atom stereocenters. The molecule has 0 aliphatic rings. The Bertz CT molecular complexity index is 462. The zero-order chi connectivity index (χ0) is 13.0. The molecule has 0 amide bonds. The summed E-state index contributed by atoms with van der Waals surface area (Å²) in [7, 11) is 1.68. The first kappa shape index (κ1) is 12.5. The lowest BCUT2D eigenvalue weighted by Crippen LogP contribution is -2.30. The van der Waals surface area contributed by atoms with Crippen LogP contribution in [-0.2, 0) is 6.54 Å². The fraction of sp³-hybridized carbons (Fsp3) is 0.357. The van der Waals surface area contributed by atoms with Gasteiger partial charge in [-0.1, -0.05) is 0 Å². The van der Waals surface area contributed by atoms with Gasteiger partial charge in [0.05, 0.1) is 25.7 Å². The van der Waals surface area contributed by atoms with Gasteiger partial charge >= 0.3 is 0 Å². The molecule has 0 saturated heterocycles. The molecule has 18 heavy (non-hydrogen) atoms. The van der Waals surface area contributed by atoms with Crippen LogP contribution in [0.2, 0.25) is 0 Å². The fourth-order valence-electron chi connectivity index (χ4n) is 1.90. The number of hydrogen-bond donors (Lipinski definition) is 1. The average molecular weight is 245 g/mol. The molecule has 0 spiro atoms. The van der Waals surface area contributed by atoms with Gasteiger partial charge in [0.1, 0.15) is 5.75 Å². The molecule has 0 bridgehead atoms. The number of hydrogen-bond acceptors (Lipinski definition) is 3. The van der Waals surface area contributed by atoms with Crippen molar-refractivity contribution in [3.05, 3.63) is 42.5 Å². The largest absolute Gasteiger partial charge is 0.497 e. The highest BCUT2D eigenvalue weighted by Gasteiger charge is 2.11. The van der Waals surface area contributed by atoms with Crippen molar-refractivity contribution < 1.29 is 4.74 Å². The first-order valence-corrected chi connectivity index (χ1v) is 6.08. The van der Waals surface area contributed by atoms with Gasteiger partial charge in [0.15, 0.2) is 0 Å². The van der Waals surface area contributed by atoms with Gasteiger partial charge in [-0.3, -0.25) is 0 Å². The number of aromatic nitrogens is 2. The summed E-state index contributed by atoms with van der Waals surface area (Å²) >= 11 is 0. The Labute approximate surface area is 108 Å². The molecule has 4 nitrogen and oxygen atoms in total. The third kappa shape index (κ3) is 2.83. The Hall–Kier alpha value is -1.97.